The van der Waals surface area contributed by atoms with Gasteiger partial charge in [-0.1, -0.05) is 0 Å². The Morgan fingerprint density at radius 1 is 0.767 bits per heavy atom. The van der Waals surface area contributed by atoms with Gasteiger partial charge in [-0.2, -0.15) is 0 Å². The second-order valence-corrected chi connectivity index (χ2v) is 6.10. The smallest absolute Gasteiger partial charge is 0.326 e. The van der Waals surface area contributed by atoms with E-state index in [1.54, 1.807) is 0 Å². The Morgan fingerprint density at radius 2 is 1.27 bits per heavy atom. The predicted molar refractivity (Wildman–Crippen MR) is 96.3 cm³/mol. The van der Waals surface area contributed by atoms with Crippen molar-refractivity contribution < 1.29 is 49.2 Å². The van der Waals surface area contributed by atoms with Crippen molar-refractivity contribution in [2.24, 2.45) is 11.5 Å². The number of amides is 4. The van der Waals surface area contributed by atoms with E-state index < -0.39 is 85.8 Å². The van der Waals surface area contributed by atoms with Crippen LogP contribution in [0.3, 0.4) is 0 Å². The van der Waals surface area contributed by atoms with Crippen molar-refractivity contribution in [2.75, 3.05) is 13.2 Å². The van der Waals surface area contributed by atoms with Gasteiger partial charge in [0.05, 0.1) is 19.6 Å². The molecule has 15 nitrogen and oxygen atoms in total. The molecule has 0 heterocycles. The Balaban J connectivity index is 5.34. The number of rotatable bonds is 14. The molecule has 0 aliphatic heterocycles. The summed E-state index contributed by atoms with van der Waals surface area (Å²) < 4.78 is 0. The summed E-state index contributed by atoms with van der Waals surface area (Å²) in [6, 6.07) is -6.33. The van der Waals surface area contributed by atoms with E-state index in [4.69, 9.17) is 26.8 Å². The largest absolute Gasteiger partial charge is 0.481 e. The number of carboxylic acid groups (broad SMARTS) is 2. The maximum Gasteiger partial charge on any atom is 0.326 e. The van der Waals surface area contributed by atoms with E-state index in [0.717, 1.165) is 0 Å². The summed E-state index contributed by atoms with van der Waals surface area (Å²) in [7, 11) is 0. The normalized spacial score (nSPS) is 14.5. The first-order chi connectivity index (χ1) is 13.9. The van der Waals surface area contributed by atoms with Gasteiger partial charge in [0.1, 0.15) is 24.2 Å². The summed E-state index contributed by atoms with van der Waals surface area (Å²) in [6.07, 6.45) is -1.74. The Labute approximate surface area is 169 Å². The molecule has 0 aromatic carbocycles. The number of hydrogen-bond donors (Lipinski definition) is 9. The van der Waals surface area contributed by atoms with Crippen LogP contribution in [-0.4, -0.2) is 93.4 Å². The molecule has 0 aromatic rings. The highest BCUT2D eigenvalue weighted by Gasteiger charge is 2.31. The summed E-state index contributed by atoms with van der Waals surface area (Å²) in [5.41, 5.74) is 10.3. The molecule has 170 valence electrons. The van der Waals surface area contributed by atoms with E-state index in [1.165, 1.54) is 0 Å². The number of aliphatic hydroxyl groups is 2. The molecule has 0 saturated carbocycles. The van der Waals surface area contributed by atoms with Gasteiger partial charge in [0.15, 0.2) is 0 Å². The summed E-state index contributed by atoms with van der Waals surface area (Å²) in [4.78, 5) is 69.1. The van der Waals surface area contributed by atoms with Crippen LogP contribution in [0.5, 0.6) is 0 Å². The molecule has 11 N–H and O–H groups in total. The highest BCUT2D eigenvalue weighted by molar-refractivity contribution is 5.95. The van der Waals surface area contributed by atoms with E-state index in [0.29, 0.717) is 0 Å². The van der Waals surface area contributed by atoms with E-state index in [1.807, 2.05) is 10.6 Å². The molecule has 0 saturated heterocycles. The maximum atomic E-state index is 12.3. The van der Waals surface area contributed by atoms with Gasteiger partial charge in [-0.3, -0.25) is 24.0 Å². The summed E-state index contributed by atoms with van der Waals surface area (Å²) >= 11 is 0. The molecular weight excluding hydrogens is 410 g/mol. The van der Waals surface area contributed by atoms with Gasteiger partial charge in [0, 0.05) is 6.42 Å². The molecular formula is C15H25N5O10. The molecule has 0 aliphatic rings. The van der Waals surface area contributed by atoms with Crippen molar-refractivity contribution in [1.29, 1.82) is 0 Å². The van der Waals surface area contributed by atoms with Crippen LogP contribution >= 0.6 is 0 Å². The molecule has 0 radical (unpaired) electrons. The monoisotopic (exact) mass is 435 g/mol. The Kier molecular flexibility index (Phi) is 11.6. The number of carbonyl (C=O) groups is 6. The zero-order valence-electron chi connectivity index (χ0n) is 15.7. The zero-order chi connectivity index (χ0) is 23.4. The highest BCUT2D eigenvalue weighted by Crippen LogP contribution is 2.02. The molecule has 30 heavy (non-hydrogen) atoms. The van der Waals surface area contributed by atoms with Crippen LogP contribution in [0.1, 0.15) is 19.3 Å². The predicted octanol–water partition coefficient (Wildman–Crippen LogP) is -5.42. The number of nitrogens with one attached hydrogen (secondary N) is 3. The van der Waals surface area contributed by atoms with Crippen molar-refractivity contribution in [3.63, 3.8) is 0 Å². The lowest BCUT2D eigenvalue weighted by Gasteiger charge is -2.23. The average Bonchev–Trinajstić information content (AvgIpc) is 2.66. The van der Waals surface area contributed by atoms with Crippen molar-refractivity contribution >= 4 is 35.6 Å². The summed E-state index contributed by atoms with van der Waals surface area (Å²) in [5, 5.41) is 41.9. The number of hydrogen-bond acceptors (Lipinski definition) is 9. The van der Waals surface area contributed by atoms with Gasteiger partial charge in [0.2, 0.25) is 23.6 Å². The van der Waals surface area contributed by atoms with Gasteiger partial charge >= 0.3 is 11.9 Å². The lowest BCUT2D eigenvalue weighted by Crippen LogP contribution is -2.58. The van der Waals surface area contributed by atoms with E-state index >= 15 is 0 Å². The molecule has 4 atom stereocenters. The molecule has 4 unspecified atom stereocenters. The van der Waals surface area contributed by atoms with Gasteiger partial charge in [-0.25, -0.2) is 4.79 Å². The van der Waals surface area contributed by atoms with E-state index in [-0.39, 0.29) is 6.42 Å². The van der Waals surface area contributed by atoms with Crippen molar-refractivity contribution in [2.45, 2.75) is 43.4 Å². The fraction of sp³-hybridized carbons (Fsp3) is 0.600. The van der Waals surface area contributed by atoms with Crippen LogP contribution in [0.2, 0.25) is 0 Å². The standard InChI is InChI=1S/C15H25N5O10/c16-6(4-21)12(26)20-9(5-22)14(28)18-7(1-2-10(17)23)13(27)19-8(15(29)30)3-11(24)25/h6-9,21-22H,1-5,16H2,(H2,17,23)(H,18,28)(H,19,27)(H,20,26)(H,24,25)(H,29,30). The first-order valence-corrected chi connectivity index (χ1v) is 8.54. The topological polar surface area (TPSA) is 271 Å². The number of carboxylic acids is 2. The minimum Gasteiger partial charge on any atom is -0.481 e. The molecule has 0 aliphatic carbocycles. The third-order valence-corrected chi connectivity index (χ3v) is 3.65. The van der Waals surface area contributed by atoms with Crippen LogP contribution in [0.25, 0.3) is 0 Å². The molecule has 0 bridgehead atoms. The second-order valence-electron chi connectivity index (χ2n) is 6.10. The maximum absolute atomic E-state index is 12.3. The van der Waals surface area contributed by atoms with Crippen LogP contribution in [0.4, 0.5) is 0 Å². The first-order valence-electron chi connectivity index (χ1n) is 8.54. The van der Waals surface area contributed by atoms with Crippen LogP contribution < -0.4 is 27.4 Å². The van der Waals surface area contributed by atoms with Gasteiger partial charge in [-0.05, 0) is 6.42 Å². The fourth-order valence-corrected chi connectivity index (χ4v) is 2.03. The second kappa shape index (κ2) is 13.0. The molecule has 0 aromatic heterocycles. The Bertz CT molecular complexity index is 670. The van der Waals surface area contributed by atoms with Crippen LogP contribution in [0, 0.1) is 0 Å². The molecule has 0 spiro atoms. The van der Waals surface area contributed by atoms with Gasteiger partial charge in [-0.15, -0.1) is 0 Å². The van der Waals surface area contributed by atoms with E-state index in [2.05, 4.69) is 5.32 Å². The average molecular weight is 435 g/mol. The van der Waals surface area contributed by atoms with Gasteiger partial charge < -0.3 is 47.8 Å². The van der Waals surface area contributed by atoms with Crippen molar-refractivity contribution in [1.82, 2.24) is 16.0 Å². The molecule has 15 heteroatoms. The number of aliphatic carboxylic acids is 2. The number of nitrogens with two attached hydrogens (primary N) is 2. The SMILES string of the molecule is NC(=O)CCC(NC(=O)C(CO)NC(=O)C(N)CO)C(=O)NC(CC(=O)O)C(=O)O. The number of primary amides is 1. The lowest BCUT2D eigenvalue weighted by molar-refractivity contribution is -0.147. The Morgan fingerprint density at radius 3 is 1.70 bits per heavy atom. The first kappa shape index (κ1) is 26.7. The van der Waals surface area contributed by atoms with Gasteiger partial charge in [0.25, 0.3) is 0 Å². The Hall–Kier alpha value is -3.30. The van der Waals surface area contributed by atoms with E-state index in [9.17, 15) is 33.9 Å². The quantitative estimate of drug-likeness (QED) is 0.124. The molecule has 0 rings (SSSR count). The van der Waals surface area contributed by atoms with Crippen molar-refractivity contribution in [3.05, 3.63) is 0 Å². The summed E-state index contributed by atoms with van der Waals surface area (Å²) in [6.45, 7) is -1.66. The molecule has 4 amide bonds. The number of carbonyl (C=O) groups excluding carboxylic acids is 4. The summed E-state index contributed by atoms with van der Waals surface area (Å²) in [5.74, 6) is -7.20. The lowest BCUT2D eigenvalue weighted by atomic mass is 10.1. The third kappa shape index (κ3) is 9.76. The van der Waals surface area contributed by atoms with Crippen LogP contribution in [-0.2, 0) is 28.8 Å². The molecule has 0 fully saturated rings. The fourth-order valence-electron chi connectivity index (χ4n) is 2.03. The minimum absolute atomic E-state index is 0.380. The third-order valence-electron chi connectivity index (χ3n) is 3.65. The zero-order valence-corrected chi connectivity index (χ0v) is 15.7. The van der Waals surface area contributed by atoms with Crippen LogP contribution in [0.15, 0.2) is 0 Å². The highest BCUT2D eigenvalue weighted by atomic mass is 16.4. The minimum atomic E-state index is -1.82. The number of aliphatic hydroxyl groups excluding tert-OH is 2. The van der Waals surface area contributed by atoms with Crippen molar-refractivity contribution in [3.8, 4) is 0 Å².